The molecule has 0 saturated carbocycles. The third-order valence-corrected chi connectivity index (χ3v) is 6.31. The molecule has 1 fully saturated rings. The number of hydrogen-bond acceptors (Lipinski definition) is 12. The molecule has 1 aliphatic heterocycles. The number of carbonyl (C=O) groups excluding carboxylic acids is 1. The minimum atomic E-state index is -1.23. The molecule has 0 bridgehead atoms. The first-order valence-corrected chi connectivity index (χ1v) is 12.5. The molecule has 13 nitrogen and oxygen atoms in total. The van der Waals surface area contributed by atoms with E-state index < -0.39 is 31.1 Å². The van der Waals surface area contributed by atoms with Crippen LogP contribution in [0.1, 0.15) is 11.8 Å². The Morgan fingerprint density at radius 3 is 2.64 bits per heavy atom. The average molecular weight is 523 g/mol. The molecule has 0 unspecified atom stereocenters. The minimum absolute atomic E-state index is 0.0260. The predicted octanol–water partition coefficient (Wildman–Crippen LogP) is -0.697. The van der Waals surface area contributed by atoms with E-state index in [1.165, 1.54) is 17.2 Å². The zero-order chi connectivity index (χ0) is 25.3. The molecule has 4 heterocycles. The lowest BCUT2D eigenvalue weighted by atomic mass is 10.1. The average Bonchev–Trinajstić information content (AvgIpc) is 3.61. The van der Waals surface area contributed by atoms with Gasteiger partial charge >= 0.3 is 0 Å². The Kier molecular flexibility index (Phi) is 9.52. The van der Waals surface area contributed by atoms with Gasteiger partial charge < -0.3 is 40.2 Å². The summed E-state index contributed by atoms with van der Waals surface area (Å²) in [6.45, 7) is 2.13. The Bertz CT molecular complexity index is 1100. The standard InChI is InChI=1S/C22H30N6O7S/c29-10-15-18(31)19(32)22(35-15)28-13-27-17-20(25-12-26-21(17)28)24-3-5-34-7-6-33-4-2-23-16(30)9-14-1-8-36-11-14/h1,8,11-13,15,18-19,22,29,31-32H,2-7,9-10H2,(H,23,30)(H,24,25,26)/t15-,18-,19-,22-/m1/s1. The van der Waals surface area contributed by atoms with Crippen molar-refractivity contribution in [2.45, 2.75) is 31.0 Å². The van der Waals surface area contributed by atoms with Gasteiger partial charge in [0.2, 0.25) is 5.91 Å². The summed E-state index contributed by atoms with van der Waals surface area (Å²) in [5.41, 5.74) is 1.90. The first-order chi connectivity index (χ1) is 17.6. The second-order valence-electron chi connectivity index (χ2n) is 8.09. The number of ether oxygens (including phenoxy) is 3. The number of aromatic nitrogens is 4. The van der Waals surface area contributed by atoms with Crippen LogP contribution in [-0.4, -0.2) is 105 Å². The molecule has 4 rings (SSSR count). The highest BCUT2D eigenvalue weighted by Crippen LogP contribution is 2.32. The van der Waals surface area contributed by atoms with Gasteiger partial charge in [0.1, 0.15) is 24.6 Å². The lowest BCUT2D eigenvalue weighted by Crippen LogP contribution is -2.33. The van der Waals surface area contributed by atoms with Crippen molar-refractivity contribution in [2.75, 3.05) is 51.4 Å². The summed E-state index contributed by atoms with van der Waals surface area (Å²) >= 11 is 1.57. The quantitative estimate of drug-likeness (QED) is 0.170. The fraction of sp³-hybridized carbons (Fsp3) is 0.545. The molecule has 196 valence electrons. The Morgan fingerprint density at radius 2 is 1.92 bits per heavy atom. The molecule has 4 atom stereocenters. The topological polar surface area (TPSA) is 173 Å². The first-order valence-electron chi connectivity index (χ1n) is 11.6. The van der Waals surface area contributed by atoms with E-state index in [0.29, 0.717) is 62.9 Å². The number of amides is 1. The highest BCUT2D eigenvalue weighted by atomic mass is 32.1. The van der Waals surface area contributed by atoms with Gasteiger partial charge in [-0.2, -0.15) is 11.3 Å². The Balaban J connectivity index is 1.12. The van der Waals surface area contributed by atoms with Crippen LogP contribution in [0.4, 0.5) is 5.82 Å². The number of thiophene rings is 1. The van der Waals surface area contributed by atoms with E-state index in [-0.39, 0.29) is 5.91 Å². The van der Waals surface area contributed by atoms with E-state index in [1.54, 1.807) is 11.3 Å². The van der Waals surface area contributed by atoms with Gasteiger partial charge in [0.25, 0.3) is 0 Å². The molecule has 36 heavy (non-hydrogen) atoms. The van der Waals surface area contributed by atoms with Gasteiger partial charge in [-0.3, -0.25) is 9.36 Å². The molecule has 0 aromatic carbocycles. The molecule has 14 heteroatoms. The van der Waals surface area contributed by atoms with Crippen LogP contribution in [0.25, 0.3) is 11.2 Å². The van der Waals surface area contributed by atoms with Crippen molar-refractivity contribution in [2.24, 2.45) is 0 Å². The van der Waals surface area contributed by atoms with Crippen molar-refractivity contribution in [3.8, 4) is 0 Å². The smallest absolute Gasteiger partial charge is 0.224 e. The van der Waals surface area contributed by atoms with Crippen molar-refractivity contribution in [1.82, 2.24) is 24.8 Å². The number of rotatable bonds is 14. The van der Waals surface area contributed by atoms with E-state index in [1.807, 2.05) is 16.8 Å². The monoisotopic (exact) mass is 522 g/mol. The van der Waals surface area contributed by atoms with E-state index >= 15 is 0 Å². The largest absolute Gasteiger partial charge is 0.394 e. The van der Waals surface area contributed by atoms with Crippen LogP contribution in [0, 0.1) is 0 Å². The maximum atomic E-state index is 11.8. The summed E-state index contributed by atoms with van der Waals surface area (Å²) in [5, 5.41) is 39.5. The van der Waals surface area contributed by atoms with Crippen molar-refractivity contribution in [3.63, 3.8) is 0 Å². The number of fused-ring (bicyclic) bond motifs is 1. The van der Waals surface area contributed by atoms with Gasteiger partial charge in [-0.15, -0.1) is 0 Å². The fourth-order valence-electron chi connectivity index (χ4n) is 3.74. The molecule has 0 spiro atoms. The Morgan fingerprint density at radius 1 is 1.11 bits per heavy atom. The minimum Gasteiger partial charge on any atom is -0.394 e. The van der Waals surface area contributed by atoms with E-state index in [9.17, 15) is 20.1 Å². The zero-order valence-electron chi connectivity index (χ0n) is 19.5. The second kappa shape index (κ2) is 13.0. The van der Waals surface area contributed by atoms with E-state index in [4.69, 9.17) is 14.2 Å². The SMILES string of the molecule is O=C(Cc1ccsc1)NCCOCCOCCNc1ncnc2c1ncn2[C@@H]1O[C@H](CO)[C@@H](O)[C@H]1O. The van der Waals surface area contributed by atoms with Gasteiger partial charge in [0, 0.05) is 13.1 Å². The lowest BCUT2D eigenvalue weighted by molar-refractivity contribution is -0.120. The van der Waals surface area contributed by atoms with Crippen LogP contribution in [0.15, 0.2) is 29.5 Å². The molecular formula is C22H30N6O7S. The second-order valence-corrected chi connectivity index (χ2v) is 8.87. The normalized spacial score (nSPS) is 21.8. The molecule has 0 radical (unpaired) electrons. The van der Waals surface area contributed by atoms with Crippen LogP contribution in [0.5, 0.6) is 0 Å². The predicted molar refractivity (Wildman–Crippen MR) is 129 cm³/mol. The number of hydrogen-bond donors (Lipinski definition) is 5. The number of anilines is 1. The number of nitrogens with zero attached hydrogens (tertiary/aromatic N) is 4. The van der Waals surface area contributed by atoms with Gasteiger partial charge in [-0.05, 0) is 22.4 Å². The number of aliphatic hydroxyl groups is 3. The van der Waals surface area contributed by atoms with E-state index in [2.05, 4.69) is 25.6 Å². The van der Waals surface area contributed by atoms with E-state index in [0.717, 1.165) is 5.56 Å². The third-order valence-electron chi connectivity index (χ3n) is 5.57. The molecule has 1 saturated heterocycles. The van der Waals surface area contributed by atoms with Crippen molar-refractivity contribution < 1.29 is 34.3 Å². The summed E-state index contributed by atoms with van der Waals surface area (Å²) in [4.78, 5) is 24.5. The van der Waals surface area contributed by atoms with Crippen LogP contribution >= 0.6 is 11.3 Å². The first kappa shape index (κ1) is 26.3. The van der Waals surface area contributed by atoms with Crippen molar-refractivity contribution in [3.05, 3.63) is 35.0 Å². The molecule has 0 aliphatic carbocycles. The number of imidazole rings is 1. The number of nitrogens with one attached hydrogen (secondary N) is 2. The van der Waals surface area contributed by atoms with Crippen molar-refractivity contribution >= 4 is 34.2 Å². The molecular weight excluding hydrogens is 492 g/mol. The summed E-state index contributed by atoms with van der Waals surface area (Å²) in [6.07, 6.45) is -1.08. The van der Waals surface area contributed by atoms with Crippen LogP contribution in [0.2, 0.25) is 0 Å². The Labute approximate surface area is 211 Å². The number of carbonyl (C=O) groups is 1. The van der Waals surface area contributed by atoms with Crippen LogP contribution in [0.3, 0.4) is 0 Å². The molecule has 3 aromatic rings. The van der Waals surface area contributed by atoms with Gasteiger partial charge in [0.15, 0.2) is 23.2 Å². The zero-order valence-corrected chi connectivity index (χ0v) is 20.3. The van der Waals surface area contributed by atoms with Gasteiger partial charge in [-0.25, -0.2) is 15.0 Å². The van der Waals surface area contributed by atoms with Crippen LogP contribution in [-0.2, 0) is 25.4 Å². The third kappa shape index (κ3) is 6.53. The molecule has 1 aliphatic rings. The van der Waals surface area contributed by atoms with Gasteiger partial charge in [-0.1, -0.05) is 0 Å². The number of aliphatic hydroxyl groups excluding tert-OH is 3. The molecule has 5 N–H and O–H groups in total. The maximum absolute atomic E-state index is 11.8. The Hall–Kier alpha value is -2.72. The van der Waals surface area contributed by atoms with Crippen molar-refractivity contribution in [1.29, 1.82) is 0 Å². The maximum Gasteiger partial charge on any atom is 0.224 e. The van der Waals surface area contributed by atoms with Gasteiger partial charge in [0.05, 0.1) is 45.8 Å². The summed E-state index contributed by atoms with van der Waals surface area (Å²) in [5.74, 6) is 0.463. The summed E-state index contributed by atoms with van der Waals surface area (Å²) in [7, 11) is 0. The highest BCUT2D eigenvalue weighted by molar-refractivity contribution is 7.08. The summed E-state index contributed by atoms with van der Waals surface area (Å²) < 4.78 is 18.1. The lowest BCUT2D eigenvalue weighted by Gasteiger charge is -2.16. The summed E-state index contributed by atoms with van der Waals surface area (Å²) in [6, 6.07) is 1.93. The molecule has 3 aromatic heterocycles. The van der Waals surface area contributed by atoms with Crippen LogP contribution < -0.4 is 10.6 Å². The highest BCUT2D eigenvalue weighted by Gasteiger charge is 2.44. The molecule has 1 amide bonds. The fourth-order valence-corrected chi connectivity index (χ4v) is 4.41.